The predicted octanol–water partition coefficient (Wildman–Crippen LogP) is 5.29. The van der Waals surface area contributed by atoms with Crippen LogP contribution in [0.5, 0.6) is 0 Å². The highest BCUT2D eigenvalue weighted by Crippen LogP contribution is 2.38. The molecular formula is C35H31N3O5. The Hall–Kier alpha value is -5.24. The Balaban J connectivity index is 1.35. The van der Waals surface area contributed by atoms with E-state index in [1.165, 1.54) is 9.80 Å². The summed E-state index contributed by atoms with van der Waals surface area (Å²) in [5.74, 6) is -1.57. The summed E-state index contributed by atoms with van der Waals surface area (Å²) >= 11 is 0. The summed E-state index contributed by atoms with van der Waals surface area (Å²) in [5, 5.41) is 10.4. The number of amides is 3. The topological polar surface area (TPSA) is 98.2 Å². The lowest BCUT2D eigenvalue weighted by Crippen LogP contribution is -2.63. The van der Waals surface area contributed by atoms with Gasteiger partial charge in [0.05, 0.1) is 23.3 Å². The van der Waals surface area contributed by atoms with Gasteiger partial charge in [0.2, 0.25) is 5.91 Å². The van der Waals surface area contributed by atoms with Gasteiger partial charge in [-0.3, -0.25) is 14.5 Å². The number of aliphatic carboxylic acids is 1. The number of carbonyl (C=O) groups excluding carboxylic acids is 3. The number of Topliss-reactive ketones (excluding diaryl/α,β-unsaturated/α-hetero) is 1. The highest BCUT2D eigenvalue weighted by Gasteiger charge is 2.46. The fourth-order valence-electron chi connectivity index (χ4n) is 6.20. The zero-order chi connectivity index (χ0) is 30.1. The lowest BCUT2D eigenvalue weighted by atomic mass is 9.75. The fraction of sp³-hybridized carbons (Fsp3) is 0.200. The van der Waals surface area contributed by atoms with Crippen molar-refractivity contribution < 1.29 is 24.3 Å². The molecule has 0 spiro atoms. The van der Waals surface area contributed by atoms with Crippen molar-refractivity contribution in [2.24, 2.45) is 0 Å². The average molecular weight is 574 g/mol. The van der Waals surface area contributed by atoms with E-state index in [4.69, 9.17) is 0 Å². The first-order valence-corrected chi connectivity index (χ1v) is 14.2. The SMILES string of the molecule is CC(C(=O)N1CCN(C(=O)N2c3ccccc3CC(=O)c3ccccc32)[C@H](C(=O)O)C1)(c1ccccc1)c1ccccc1. The lowest BCUT2D eigenvalue weighted by Gasteiger charge is -2.44. The number of urea groups is 1. The zero-order valence-electron chi connectivity index (χ0n) is 23.7. The third kappa shape index (κ3) is 4.84. The number of hydrogen-bond acceptors (Lipinski definition) is 4. The number of carboxylic acids is 1. The third-order valence-corrected chi connectivity index (χ3v) is 8.55. The molecule has 216 valence electrons. The van der Waals surface area contributed by atoms with E-state index >= 15 is 0 Å². The summed E-state index contributed by atoms with van der Waals surface area (Å²) in [5.41, 5.74) is 2.53. The van der Waals surface area contributed by atoms with E-state index in [2.05, 4.69) is 0 Å². The van der Waals surface area contributed by atoms with Gasteiger partial charge in [-0.05, 0) is 41.8 Å². The molecule has 2 aliphatic rings. The molecular weight excluding hydrogens is 542 g/mol. The molecule has 8 heteroatoms. The van der Waals surface area contributed by atoms with Crippen molar-refractivity contribution in [3.05, 3.63) is 131 Å². The second-order valence-electron chi connectivity index (χ2n) is 11.0. The van der Waals surface area contributed by atoms with Gasteiger partial charge in [0.25, 0.3) is 0 Å². The highest BCUT2D eigenvalue weighted by molar-refractivity contribution is 6.12. The number of nitrogens with zero attached hydrogens (tertiary/aromatic N) is 3. The van der Waals surface area contributed by atoms with Gasteiger partial charge in [-0.25, -0.2) is 9.59 Å². The molecule has 4 aromatic rings. The molecule has 0 aromatic heterocycles. The van der Waals surface area contributed by atoms with Crippen molar-refractivity contribution >= 4 is 35.1 Å². The second kappa shape index (κ2) is 11.2. The number of carboxylic acid groups (broad SMARTS) is 1. The van der Waals surface area contributed by atoms with Gasteiger partial charge < -0.3 is 14.9 Å². The molecule has 0 bridgehead atoms. The first-order valence-electron chi connectivity index (χ1n) is 14.2. The summed E-state index contributed by atoms with van der Waals surface area (Å²) < 4.78 is 0. The van der Waals surface area contributed by atoms with Gasteiger partial charge in [-0.1, -0.05) is 91.0 Å². The minimum absolute atomic E-state index is 0.00990. The summed E-state index contributed by atoms with van der Waals surface area (Å²) in [4.78, 5) is 58.9. The largest absolute Gasteiger partial charge is 0.480 e. The quantitative estimate of drug-likeness (QED) is 0.358. The molecule has 43 heavy (non-hydrogen) atoms. The number of anilines is 2. The Labute approximate surface area is 249 Å². The number of hydrogen-bond donors (Lipinski definition) is 1. The Kier molecular flexibility index (Phi) is 7.27. The van der Waals surface area contributed by atoms with Gasteiger partial charge in [0.1, 0.15) is 6.04 Å². The maximum absolute atomic E-state index is 14.4. The second-order valence-corrected chi connectivity index (χ2v) is 11.0. The van der Waals surface area contributed by atoms with Gasteiger partial charge in [-0.15, -0.1) is 0 Å². The van der Waals surface area contributed by atoms with Crippen LogP contribution in [0.2, 0.25) is 0 Å². The van der Waals surface area contributed by atoms with E-state index in [1.54, 1.807) is 47.4 Å². The van der Waals surface area contributed by atoms with Crippen molar-refractivity contribution in [3.8, 4) is 0 Å². The molecule has 6 rings (SSSR count). The van der Waals surface area contributed by atoms with Crippen LogP contribution in [0.15, 0.2) is 109 Å². The molecule has 1 atom stereocenters. The van der Waals surface area contributed by atoms with E-state index in [1.807, 2.05) is 73.7 Å². The molecule has 8 nitrogen and oxygen atoms in total. The van der Waals surface area contributed by atoms with Crippen molar-refractivity contribution in [2.45, 2.75) is 24.8 Å². The highest BCUT2D eigenvalue weighted by atomic mass is 16.4. The van der Waals surface area contributed by atoms with Crippen LogP contribution in [0, 0.1) is 0 Å². The summed E-state index contributed by atoms with van der Waals surface area (Å²) in [7, 11) is 0. The minimum Gasteiger partial charge on any atom is -0.480 e. The molecule has 0 radical (unpaired) electrons. The van der Waals surface area contributed by atoms with Gasteiger partial charge in [-0.2, -0.15) is 0 Å². The minimum atomic E-state index is -1.29. The van der Waals surface area contributed by atoms with Crippen LogP contribution in [0.1, 0.15) is 34.0 Å². The standard InChI is InChI=1S/C35H31N3O5/c1-35(25-13-4-2-5-14-25,26-15-6-3-7-16-26)33(42)36-20-21-37(30(23-36)32(40)41)34(43)38-28-18-10-8-12-24(28)22-31(39)27-17-9-11-19-29(27)38/h2-19,30H,20-23H2,1H3,(H,40,41)/t30-/m0/s1. The monoisotopic (exact) mass is 573 g/mol. The Morgan fingerprint density at radius 2 is 1.30 bits per heavy atom. The van der Waals surface area contributed by atoms with E-state index in [9.17, 15) is 24.3 Å². The third-order valence-electron chi connectivity index (χ3n) is 8.55. The van der Waals surface area contributed by atoms with Gasteiger partial charge in [0.15, 0.2) is 5.78 Å². The molecule has 2 aliphatic heterocycles. The maximum atomic E-state index is 14.4. The molecule has 0 unspecified atom stereocenters. The molecule has 2 heterocycles. The smallest absolute Gasteiger partial charge is 0.330 e. The average Bonchev–Trinajstić information content (AvgIpc) is 3.18. The van der Waals surface area contributed by atoms with E-state index in [-0.39, 0.29) is 37.7 Å². The number of rotatable bonds is 4. The Morgan fingerprint density at radius 1 is 0.744 bits per heavy atom. The Bertz CT molecular complexity index is 1670. The van der Waals surface area contributed by atoms with E-state index in [0.717, 1.165) is 11.1 Å². The molecule has 4 aromatic carbocycles. The van der Waals surface area contributed by atoms with Crippen molar-refractivity contribution in [2.75, 3.05) is 24.5 Å². The van der Waals surface area contributed by atoms with Crippen LogP contribution in [0.3, 0.4) is 0 Å². The number of fused-ring (bicyclic) bond motifs is 2. The van der Waals surface area contributed by atoms with Crippen LogP contribution < -0.4 is 4.90 Å². The summed E-state index contributed by atoms with van der Waals surface area (Å²) in [6.45, 7) is 1.84. The predicted molar refractivity (Wildman–Crippen MR) is 163 cm³/mol. The maximum Gasteiger partial charge on any atom is 0.330 e. The molecule has 0 aliphatic carbocycles. The molecule has 1 saturated heterocycles. The molecule has 1 fully saturated rings. The van der Waals surface area contributed by atoms with Gasteiger partial charge >= 0.3 is 12.0 Å². The van der Waals surface area contributed by atoms with Crippen LogP contribution >= 0.6 is 0 Å². The van der Waals surface area contributed by atoms with Crippen LogP contribution in [-0.4, -0.2) is 64.3 Å². The fourth-order valence-corrected chi connectivity index (χ4v) is 6.20. The van der Waals surface area contributed by atoms with E-state index < -0.39 is 23.5 Å². The first kappa shape index (κ1) is 27.9. The lowest BCUT2D eigenvalue weighted by molar-refractivity contribution is -0.148. The normalized spacial score (nSPS) is 16.6. The van der Waals surface area contributed by atoms with Crippen LogP contribution in [0.25, 0.3) is 0 Å². The van der Waals surface area contributed by atoms with E-state index in [0.29, 0.717) is 22.5 Å². The number of benzene rings is 4. The molecule has 3 amide bonds. The molecule has 0 saturated carbocycles. The molecule has 1 N–H and O–H groups in total. The van der Waals surface area contributed by atoms with Crippen molar-refractivity contribution in [1.29, 1.82) is 0 Å². The summed E-state index contributed by atoms with van der Waals surface area (Å²) in [6, 6.07) is 31.1. The number of carbonyl (C=O) groups is 4. The first-order chi connectivity index (χ1) is 20.8. The van der Waals surface area contributed by atoms with Crippen molar-refractivity contribution in [3.63, 3.8) is 0 Å². The number of ketones is 1. The van der Waals surface area contributed by atoms with Crippen LogP contribution in [0.4, 0.5) is 16.2 Å². The zero-order valence-corrected chi connectivity index (χ0v) is 23.7. The van der Waals surface area contributed by atoms with Crippen LogP contribution in [-0.2, 0) is 21.4 Å². The van der Waals surface area contributed by atoms with Gasteiger partial charge in [0, 0.05) is 25.1 Å². The van der Waals surface area contributed by atoms with Crippen molar-refractivity contribution in [1.82, 2.24) is 9.80 Å². The summed E-state index contributed by atoms with van der Waals surface area (Å²) in [6.07, 6.45) is 0.124. The Morgan fingerprint density at radius 3 is 1.93 bits per heavy atom. The number of piperazine rings is 1. The number of para-hydroxylation sites is 2.